The van der Waals surface area contributed by atoms with Crippen molar-refractivity contribution in [2.24, 2.45) is 5.16 Å². The van der Waals surface area contributed by atoms with Crippen LogP contribution >= 0.6 is 0 Å². The van der Waals surface area contributed by atoms with Crippen LogP contribution in [-0.4, -0.2) is 23.4 Å². The number of hydrogen-bond acceptors (Lipinski definition) is 4. The van der Waals surface area contributed by atoms with Crippen LogP contribution in [0.4, 0.5) is 0 Å². The van der Waals surface area contributed by atoms with Crippen molar-refractivity contribution < 1.29 is 14.8 Å². The number of benzene rings is 1. The average Bonchev–Trinajstić information content (AvgIpc) is 2.30. The molecule has 1 amide bonds. The van der Waals surface area contributed by atoms with E-state index in [0.717, 1.165) is 0 Å². The largest absolute Gasteiger partial charge is 0.395 e. The molecule has 0 aliphatic carbocycles. The first-order valence-electron chi connectivity index (χ1n) is 4.49. The molecule has 0 aromatic heterocycles. The minimum atomic E-state index is -0.699. The highest BCUT2D eigenvalue weighted by atomic mass is 16.6. The van der Waals surface area contributed by atoms with E-state index in [9.17, 15) is 4.79 Å². The van der Waals surface area contributed by atoms with E-state index in [1.165, 1.54) is 5.48 Å². The standard InChI is InChI=1S/C10H12N2O3/c1-2-15-12-9(10(13)11-14)8-6-4-3-5-7-8/h3-7,14H,2H2,1H3,(H,11,13). The Bertz CT molecular complexity index is 349. The molecule has 0 aliphatic heterocycles. The third kappa shape index (κ3) is 3.07. The van der Waals surface area contributed by atoms with Gasteiger partial charge in [0.2, 0.25) is 0 Å². The molecule has 0 heterocycles. The fourth-order valence-electron chi connectivity index (χ4n) is 1.00. The Morgan fingerprint density at radius 2 is 2.13 bits per heavy atom. The Labute approximate surface area is 87.3 Å². The Hall–Kier alpha value is -1.88. The SMILES string of the molecule is CCON=C(C(=O)NO)c1ccccc1. The highest BCUT2D eigenvalue weighted by Gasteiger charge is 2.13. The van der Waals surface area contributed by atoms with Gasteiger partial charge in [-0.1, -0.05) is 35.5 Å². The summed E-state index contributed by atoms with van der Waals surface area (Å²) in [6.45, 7) is 2.11. The molecule has 5 heteroatoms. The number of nitrogens with zero attached hydrogens (tertiary/aromatic N) is 1. The number of carbonyl (C=O) groups excluding carboxylic acids is 1. The summed E-state index contributed by atoms with van der Waals surface area (Å²) in [6, 6.07) is 8.75. The maximum atomic E-state index is 11.2. The number of amides is 1. The van der Waals surface area contributed by atoms with Crippen molar-refractivity contribution in [1.29, 1.82) is 0 Å². The molecule has 1 aromatic carbocycles. The second kappa shape index (κ2) is 5.77. The van der Waals surface area contributed by atoms with Crippen LogP contribution in [0.1, 0.15) is 12.5 Å². The molecule has 0 fully saturated rings. The van der Waals surface area contributed by atoms with E-state index in [4.69, 9.17) is 10.0 Å². The van der Waals surface area contributed by atoms with Crippen molar-refractivity contribution in [2.75, 3.05) is 6.61 Å². The minimum Gasteiger partial charge on any atom is -0.395 e. The van der Waals surface area contributed by atoms with Gasteiger partial charge in [-0.25, -0.2) is 5.48 Å². The average molecular weight is 208 g/mol. The highest BCUT2D eigenvalue weighted by molar-refractivity contribution is 6.44. The van der Waals surface area contributed by atoms with Crippen molar-refractivity contribution >= 4 is 11.6 Å². The van der Waals surface area contributed by atoms with Gasteiger partial charge in [0.05, 0.1) is 0 Å². The monoisotopic (exact) mass is 208 g/mol. The summed E-state index contributed by atoms with van der Waals surface area (Å²) < 4.78 is 0. The summed E-state index contributed by atoms with van der Waals surface area (Å²) in [5.41, 5.74) is 2.15. The molecule has 0 radical (unpaired) electrons. The highest BCUT2D eigenvalue weighted by Crippen LogP contribution is 2.02. The van der Waals surface area contributed by atoms with Crippen LogP contribution in [-0.2, 0) is 9.63 Å². The van der Waals surface area contributed by atoms with E-state index in [1.54, 1.807) is 31.2 Å². The molecule has 0 spiro atoms. The normalized spacial score (nSPS) is 10.9. The maximum absolute atomic E-state index is 11.2. The van der Waals surface area contributed by atoms with Crippen molar-refractivity contribution in [1.82, 2.24) is 5.48 Å². The lowest BCUT2D eigenvalue weighted by Gasteiger charge is -2.03. The van der Waals surface area contributed by atoms with Gasteiger partial charge in [0, 0.05) is 5.56 Å². The van der Waals surface area contributed by atoms with Gasteiger partial charge in [-0.3, -0.25) is 10.0 Å². The zero-order chi connectivity index (χ0) is 11.1. The van der Waals surface area contributed by atoms with Gasteiger partial charge >= 0.3 is 0 Å². The number of hydroxylamine groups is 1. The molecule has 1 aromatic rings. The van der Waals surface area contributed by atoms with Crippen molar-refractivity contribution in [3.05, 3.63) is 35.9 Å². The smallest absolute Gasteiger partial charge is 0.297 e. The summed E-state index contributed by atoms with van der Waals surface area (Å²) in [6.07, 6.45) is 0. The topological polar surface area (TPSA) is 70.9 Å². The Balaban J connectivity index is 2.96. The van der Waals surface area contributed by atoms with Gasteiger partial charge in [0.25, 0.3) is 5.91 Å². The van der Waals surface area contributed by atoms with Crippen LogP contribution < -0.4 is 5.48 Å². The van der Waals surface area contributed by atoms with Gasteiger partial charge < -0.3 is 4.84 Å². The molecule has 5 nitrogen and oxygen atoms in total. The van der Waals surface area contributed by atoms with Crippen LogP contribution in [0.3, 0.4) is 0 Å². The molecule has 0 saturated heterocycles. The molecule has 0 saturated carbocycles. The van der Waals surface area contributed by atoms with Crippen LogP contribution in [0, 0.1) is 0 Å². The van der Waals surface area contributed by atoms with Crippen molar-refractivity contribution in [3.63, 3.8) is 0 Å². The maximum Gasteiger partial charge on any atom is 0.297 e. The molecule has 0 unspecified atom stereocenters. The lowest BCUT2D eigenvalue weighted by molar-refractivity contribution is -0.122. The molecule has 0 atom stereocenters. The van der Waals surface area contributed by atoms with Gasteiger partial charge in [-0.05, 0) is 6.92 Å². The first-order valence-corrected chi connectivity index (χ1v) is 4.49. The molecular formula is C10H12N2O3. The number of nitrogens with one attached hydrogen (secondary N) is 1. The second-order valence-corrected chi connectivity index (χ2v) is 2.66. The summed E-state index contributed by atoms with van der Waals surface area (Å²) in [7, 11) is 0. The van der Waals surface area contributed by atoms with Gasteiger partial charge in [0.1, 0.15) is 6.61 Å². The number of oxime groups is 1. The predicted molar refractivity (Wildman–Crippen MR) is 54.5 cm³/mol. The summed E-state index contributed by atoms with van der Waals surface area (Å²) in [4.78, 5) is 16.0. The van der Waals surface area contributed by atoms with E-state index in [2.05, 4.69) is 5.16 Å². The molecule has 15 heavy (non-hydrogen) atoms. The molecule has 2 N–H and O–H groups in total. The summed E-state index contributed by atoms with van der Waals surface area (Å²) in [5, 5.41) is 12.2. The van der Waals surface area contributed by atoms with Crippen LogP contribution in [0.25, 0.3) is 0 Å². The van der Waals surface area contributed by atoms with Gasteiger partial charge in [-0.2, -0.15) is 0 Å². The Morgan fingerprint density at radius 3 is 2.67 bits per heavy atom. The van der Waals surface area contributed by atoms with E-state index in [0.29, 0.717) is 12.2 Å². The minimum absolute atomic E-state index is 0.0416. The number of carbonyl (C=O) groups is 1. The summed E-state index contributed by atoms with van der Waals surface area (Å²) in [5.74, 6) is -0.699. The fraction of sp³-hybridized carbons (Fsp3) is 0.200. The third-order valence-electron chi connectivity index (χ3n) is 1.65. The van der Waals surface area contributed by atoms with Crippen molar-refractivity contribution in [2.45, 2.75) is 6.92 Å². The van der Waals surface area contributed by atoms with E-state index in [1.807, 2.05) is 6.07 Å². The van der Waals surface area contributed by atoms with Gasteiger partial charge in [0.15, 0.2) is 5.71 Å². The Morgan fingerprint density at radius 1 is 1.47 bits per heavy atom. The van der Waals surface area contributed by atoms with Crippen molar-refractivity contribution in [3.8, 4) is 0 Å². The zero-order valence-corrected chi connectivity index (χ0v) is 8.30. The Kier molecular flexibility index (Phi) is 4.30. The molecule has 0 bridgehead atoms. The second-order valence-electron chi connectivity index (χ2n) is 2.66. The molecule has 1 rings (SSSR count). The van der Waals surface area contributed by atoms with E-state index >= 15 is 0 Å². The lowest BCUT2D eigenvalue weighted by atomic mass is 10.1. The van der Waals surface area contributed by atoms with Crippen LogP contribution in [0.2, 0.25) is 0 Å². The third-order valence-corrected chi connectivity index (χ3v) is 1.65. The first-order chi connectivity index (χ1) is 7.29. The zero-order valence-electron chi connectivity index (χ0n) is 8.30. The predicted octanol–water partition coefficient (Wildman–Crippen LogP) is 0.933. The first kappa shape index (κ1) is 11.2. The van der Waals surface area contributed by atoms with E-state index < -0.39 is 5.91 Å². The van der Waals surface area contributed by atoms with Crippen LogP contribution in [0.15, 0.2) is 35.5 Å². The quantitative estimate of drug-likeness (QED) is 0.439. The van der Waals surface area contributed by atoms with E-state index in [-0.39, 0.29) is 5.71 Å². The lowest BCUT2D eigenvalue weighted by Crippen LogP contribution is -2.29. The van der Waals surface area contributed by atoms with Crippen LogP contribution in [0.5, 0.6) is 0 Å². The molecule has 80 valence electrons. The molecular weight excluding hydrogens is 196 g/mol. The number of rotatable bonds is 4. The fourth-order valence-corrected chi connectivity index (χ4v) is 1.00. The van der Waals surface area contributed by atoms with Gasteiger partial charge in [-0.15, -0.1) is 0 Å². The number of hydrogen-bond donors (Lipinski definition) is 2. The summed E-state index contributed by atoms with van der Waals surface area (Å²) >= 11 is 0. The molecule has 0 aliphatic rings.